The minimum atomic E-state index is 0.886. The lowest BCUT2D eigenvalue weighted by Gasteiger charge is -2.41. The second kappa shape index (κ2) is 3.78. The van der Waals surface area contributed by atoms with E-state index in [2.05, 4.69) is 0 Å². The van der Waals surface area contributed by atoms with E-state index in [9.17, 15) is 0 Å². The summed E-state index contributed by atoms with van der Waals surface area (Å²) in [6.45, 7) is 0.934. The van der Waals surface area contributed by atoms with Crippen molar-refractivity contribution in [2.45, 2.75) is 44.9 Å². The molecule has 0 bridgehead atoms. The first-order valence-electron chi connectivity index (χ1n) is 5.60. The maximum atomic E-state index is 5.63. The fourth-order valence-electron chi connectivity index (χ4n) is 2.97. The standard InChI is InChI=1S/C11H21N/c12-8-9-6-11(7-9)10-4-2-1-3-5-10/h9-11H,1-8,12H2. The third kappa shape index (κ3) is 1.66. The monoisotopic (exact) mass is 167 g/mol. The van der Waals surface area contributed by atoms with Gasteiger partial charge in [-0.15, -0.1) is 0 Å². The fourth-order valence-corrected chi connectivity index (χ4v) is 2.97. The number of nitrogens with two attached hydrogens (primary N) is 1. The Morgan fingerprint density at radius 3 is 2.17 bits per heavy atom. The van der Waals surface area contributed by atoms with Gasteiger partial charge in [0.2, 0.25) is 0 Å². The van der Waals surface area contributed by atoms with Gasteiger partial charge < -0.3 is 5.73 Å². The van der Waals surface area contributed by atoms with Gasteiger partial charge in [-0.3, -0.25) is 0 Å². The van der Waals surface area contributed by atoms with Gasteiger partial charge in [-0.1, -0.05) is 32.1 Å². The predicted molar refractivity (Wildman–Crippen MR) is 51.8 cm³/mol. The number of hydrogen-bond acceptors (Lipinski definition) is 1. The van der Waals surface area contributed by atoms with Crippen molar-refractivity contribution in [1.82, 2.24) is 0 Å². The summed E-state index contributed by atoms with van der Waals surface area (Å²) in [6.07, 6.45) is 10.4. The SMILES string of the molecule is NCC1CC(C2CCCCC2)C1. The molecule has 12 heavy (non-hydrogen) atoms. The molecule has 0 aromatic carbocycles. The van der Waals surface area contributed by atoms with Crippen LogP contribution in [0.2, 0.25) is 0 Å². The normalized spacial score (nSPS) is 37.8. The summed E-state index contributed by atoms with van der Waals surface area (Å²) >= 11 is 0. The molecule has 0 saturated heterocycles. The second-order valence-electron chi connectivity index (χ2n) is 4.73. The molecule has 2 fully saturated rings. The Kier molecular flexibility index (Phi) is 2.69. The van der Waals surface area contributed by atoms with Crippen LogP contribution in [0.15, 0.2) is 0 Å². The topological polar surface area (TPSA) is 26.0 Å². The Bertz CT molecular complexity index is 132. The molecule has 0 aliphatic heterocycles. The molecule has 0 aromatic rings. The molecule has 70 valence electrons. The molecule has 0 radical (unpaired) electrons. The lowest BCUT2D eigenvalue weighted by Crippen LogP contribution is -2.35. The lowest BCUT2D eigenvalue weighted by atomic mass is 9.65. The van der Waals surface area contributed by atoms with Crippen LogP contribution in [0.1, 0.15) is 44.9 Å². The molecule has 0 atom stereocenters. The van der Waals surface area contributed by atoms with Gasteiger partial charge in [0.1, 0.15) is 0 Å². The summed E-state index contributed by atoms with van der Waals surface area (Å²) < 4.78 is 0. The van der Waals surface area contributed by atoms with Gasteiger partial charge in [0.25, 0.3) is 0 Å². The van der Waals surface area contributed by atoms with E-state index < -0.39 is 0 Å². The van der Waals surface area contributed by atoms with Gasteiger partial charge in [-0.25, -0.2) is 0 Å². The van der Waals surface area contributed by atoms with Crippen molar-refractivity contribution in [3.05, 3.63) is 0 Å². The van der Waals surface area contributed by atoms with Gasteiger partial charge in [-0.05, 0) is 37.1 Å². The van der Waals surface area contributed by atoms with Gasteiger partial charge >= 0.3 is 0 Å². The maximum absolute atomic E-state index is 5.63. The van der Waals surface area contributed by atoms with Gasteiger partial charge in [-0.2, -0.15) is 0 Å². The first-order valence-corrected chi connectivity index (χ1v) is 5.60. The molecule has 2 aliphatic carbocycles. The van der Waals surface area contributed by atoms with E-state index in [0.29, 0.717) is 0 Å². The van der Waals surface area contributed by atoms with Crippen molar-refractivity contribution in [3.8, 4) is 0 Å². The average Bonchev–Trinajstić information content (AvgIpc) is 2.04. The van der Waals surface area contributed by atoms with Gasteiger partial charge in [0.15, 0.2) is 0 Å². The van der Waals surface area contributed by atoms with Crippen molar-refractivity contribution < 1.29 is 0 Å². The zero-order chi connectivity index (χ0) is 8.39. The van der Waals surface area contributed by atoms with E-state index in [1.54, 1.807) is 0 Å². The molecule has 1 heteroatoms. The van der Waals surface area contributed by atoms with Crippen LogP contribution in [0.3, 0.4) is 0 Å². The van der Waals surface area contributed by atoms with E-state index in [1.165, 1.54) is 44.9 Å². The molecule has 2 N–H and O–H groups in total. The predicted octanol–water partition coefficient (Wildman–Crippen LogP) is 2.55. The molecule has 2 aliphatic rings. The molecule has 0 amide bonds. The third-order valence-corrected chi connectivity index (χ3v) is 3.92. The van der Waals surface area contributed by atoms with Crippen LogP contribution in [0.25, 0.3) is 0 Å². The van der Waals surface area contributed by atoms with Gasteiger partial charge in [0, 0.05) is 0 Å². The first kappa shape index (κ1) is 8.55. The zero-order valence-electron chi connectivity index (χ0n) is 7.97. The highest BCUT2D eigenvalue weighted by atomic mass is 14.6. The minimum absolute atomic E-state index is 0.886. The van der Waals surface area contributed by atoms with E-state index in [-0.39, 0.29) is 0 Å². The average molecular weight is 167 g/mol. The first-order chi connectivity index (χ1) is 5.90. The smallest absolute Gasteiger partial charge is 0.00487 e. The fraction of sp³-hybridized carbons (Fsp3) is 1.00. The highest BCUT2D eigenvalue weighted by molar-refractivity contribution is 4.86. The van der Waals surface area contributed by atoms with Crippen LogP contribution in [-0.2, 0) is 0 Å². The van der Waals surface area contributed by atoms with E-state index >= 15 is 0 Å². The van der Waals surface area contributed by atoms with Crippen LogP contribution in [0.5, 0.6) is 0 Å². The summed E-state index contributed by atoms with van der Waals surface area (Å²) in [6, 6.07) is 0. The molecular weight excluding hydrogens is 146 g/mol. The Hall–Kier alpha value is -0.0400. The van der Waals surface area contributed by atoms with Gasteiger partial charge in [0.05, 0.1) is 0 Å². The van der Waals surface area contributed by atoms with Crippen LogP contribution < -0.4 is 5.73 Å². The van der Waals surface area contributed by atoms with Crippen molar-refractivity contribution in [2.24, 2.45) is 23.5 Å². The second-order valence-corrected chi connectivity index (χ2v) is 4.73. The van der Waals surface area contributed by atoms with Crippen LogP contribution in [-0.4, -0.2) is 6.54 Å². The Labute approximate surface area is 75.7 Å². The minimum Gasteiger partial charge on any atom is -0.330 e. The zero-order valence-corrected chi connectivity index (χ0v) is 7.97. The molecule has 0 spiro atoms. The Morgan fingerprint density at radius 1 is 0.917 bits per heavy atom. The Balaban J connectivity index is 1.72. The molecular formula is C11H21N. The lowest BCUT2D eigenvalue weighted by molar-refractivity contribution is 0.102. The molecule has 1 nitrogen and oxygen atoms in total. The van der Waals surface area contributed by atoms with E-state index in [4.69, 9.17) is 5.73 Å². The quantitative estimate of drug-likeness (QED) is 0.672. The van der Waals surface area contributed by atoms with E-state index in [1.807, 2.05) is 0 Å². The summed E-state index contributed by atoms with van der Waals surface area (Å²) in [4.78, 5) is 0. The van der Waals surface area contributed by atoms with Crippen LogP contribution in [0, 0.1) is 17.8 Å². The van der Waals surface area contributed by atoms with Crippen LogP contribution in [0.4, 0.5) is 0 Å². The highest BCUT2D eigenvalue weighted by Gasteiger charge is 2.34. The molecule has 2 rings (SSSR count). The number of hydrogen-bond donors (Lipinski definition) is 1. The summed E-state index contributed by atoms with van der Waals surface area (Å²) in [5.74, 6) is 3.04. The molecule has 0 aromatic heterocycles. The molecule has 0 heterocycles. The molecule has 0 unspecified atom stereocenters. The van der Waals surface area contributed by atoms with Crippen molar-refractivity contribution in [2.75, 3.05) is 6.54 Å². The van der Waals surface area contributed by atoms with Crippen molar-refractivity contribution in [1.29, 1.82) is 0 Å². The maximum Gasteiger partial charge on any atom is -0.00487 e. The van der Waals surface area contributed by atoms with Crippen molar-refractivity contribution in [3.63, 3.8) is 0 Å². The molecule has 2 saturated carbocycles. The highest BCUT2D eigenvalue weighted by Crippen LogP contribution is 2.43. The Morgan fingerprint density at radius 2 is 1.58 bits per heavy atom. The van der Waals surface area contributed by atoms with Crippen LogP contribution >= 0.6 is 0 Å². The number of rotatable bonds is 2. The largest absolute Gasteiger partial charge is 0.330 e. The third-order valence-electron chi connectivity index (χ3n) is 3.92. The summed E-state index contributed by atoms with van der Waals surface area (Å²) in [5, 5.41) is 0. The summed E-state index contributed by atoms with van der Waals surface area (Å²) in [7, 11) is 0. The van der Waals surface area contributed by atoms with Crippen molar-refractivity contribution >= 4 is 0 Å². The summed E-state index contributed by atoms with van der Waals surface area (Å²) in [5.41, 5.74) is 5.63. The van der Waals surface area contributed by atoms with E-state index in [0.717, 1.165) is 24.3 Å².